The molecule has 0 aliphatic heterocycles. The van der Waals surface area contributed by atoms with Crippen LogP contribution in [0.1, 0.15) is 85.1 Å². The summed E-state index contributed by atoms with van der Waals surface area (Å²) in [7, 11) is 1.69. The average molecular weight is 491 g/mol. The second-order valence-corrected chi connectivity index (χ2v) is 13.2. The molecule has 5 rings (SSSR count). The van der Waals surface area contributed by atoms with Crippen LogP contribution in [0.5, 0.6) is 5.75 Å². The van der Waals surface area contributed by atoms with Crippen molar-refractivity contribution in [3.8, 4) is 5.75 Å². The third kappa shape index (κ3) is 4.05. The van der Waals surface area contributed by atoms with Crippen LogP contribution in [0.4, 0.5) is 0 Å². The second kappa shape index (κ2) is 8.89. The van der Waals surface area contributed by atoms with Gasteiger partial charge in [-0.15, -0.1) is 0 Å². The van der Waals surface area contributed by atoms with Gasteiger partial charge in [0.25, 0.3) is 0 Å². The summed E-state index contributed by atoms with van der Waals surface area (Å²) >= 11 is 0. The maximum absolute atomic E-state index is 13.8. The Morgan fingerprint density at radius 2 is 1.78 bits per heavy atom. The highest BCUT2D eigenvalue weighted by atomic mass is 16.5. The fourth-order valence-electron chi connectivity index (χ4n) is 8.13. The second-order valence-electron chi connectivity index (χ2n) is 13.2. The molecule has 0 bridgehead atoms. The van der Waals surface area contributed by atoms with Gasteiger partial charge in [0.05, 0.1) is 12.5 Å². The molecule has 3 aliphatic rings. The van der Waals surface area contributed by atoms with Crippen LogP contribution in [-0.2, 0) is 19.7 Å². The van der Waals surface area contributed by atoms with Crippen LogP contribution >= 0.6 is 0 Å². The Balaban J connectivity index is 1.42. The number of ether oxygens (including phenoxy) is 2. The summed E-state index contributed by atoms with van der Waals surface area (Å²) < 4.78 is 11.9. The summed E-state index contributed by atoms with van der Waals surface area (Å²) in [6.45, 7) is 11.1. The van der Waals surface area contributed by atoms with Gasteiger partial charge in [0, 0.05) is 18.3 Å². The monoisotopic (exact) mass is 490 g/mol. The van der Waals surface area contributed by atoms with Crippen LogP contribution < -0.4 is 4.74 Å². The van der Waals surface area contributed by atoms with Crippen molar-refractivity contribution in [3.05, 3.63) is 42.0 Å². The standard InChI is InChI=1S/C32H42O4/c1-20-9-14-25(31(4,5)23-12-10-22-18-24(35-6)13-11-21(22)17-23)27(16-20)36-29(34)32-15-7-8-26(33)28(32)30(2,3)19-32/h10-13,17-18,20,25,27-28H,7-9,14-16,19H2,1-6H3/t20-,25-,27-,28+,32+/m1/s1. The summed E-state index contributed by atoms with van der Waals surface area (Å²) in [5.41, 5.74) is 0.408. The summed E-state index contributed by atoms with van der Waals surface area (Å²) in [6, 6.07) is 12.9. The van der Waals surface area contributed by atoms with Crippen molar-refractivity contribution in [2.24, 2.45) is 28.6 Å². The Bertz CT molecular complexity index is 1180. The molecule has 0 amide bonds. The van der Waals surface area contributed by atoms with Crippen molar-refractivity contribution in [2.45, 2.75) is 91.1 Å². The van der Waals surface area contributed by atoms with Crippen molar-refractivity contribution >= 4 is 22.5 Å². The Kier molecular flexibility index (Phi) is 6.24. The minimum atomic E-state index is -0.601. The predicted octanol–water partition coefficient (Wildman–Crippen LogP) is 7.26. The molecular formula is C32H42O4. The van der Waals surface area contributed by atoms with Crippen LogP contribution in [0.2, 0.25) is 0 Å². The van der Waals surface area contributed by atoms with E-state index in [0.717, 1.165) is 49.7 Å². The molecule has 0 aromatic heterocycles. The Labute approximate surface area is 216 Å². The topological polar surface area (TPSA) is 52.6 Å². The molecule has 3 aliphatic carbocycles. The first-order valence-corrected chi connectivity index (χ1v) is 13.8. The number of hydrogen-bond acceptors (Lipinski definition) is 4. The van der Waals surface area contributed by atoms with E-state index in [4.69, 9.17) is 9.47 Å². The highest BCUT2D eigenvalue weighted by molar-refractivity contribution is 5.93. The molecule has 0 heterocycles. The molecule has 0 N–H and O–H groups in total. The van der Waals surface area contributed by atoms with Gasteiger partial charge in [0.1, 0.15) is 17.6 Å². The molecule has 4 heteroatoms. The highest BCUT2D eigenvalue weighted by Crippen LogP contribution is 2.65. The lowest BCUT2D eigenvalue weighted by atomic mass is 9.42. The third-order valence-electron chi connectivity index (χ3n) is 9.91. The number of rotatable bonds is 5. The van der Waals surface area contributed by atoms with Gasteiger partial charge >= 0.3 is 5.97 Å². The summed E-state index contributed by atoms with van der Waals surface area (Å²) in [4.78, 5) is 26.7. The van der Waals surface area contributed by atoms with Gasteiger partial charge in [-0.05, 0) is 77.3 Å². The molecule has 0 unspecified atom stereocenters. The number of fused-ring (bicyclic) bond motifs is 2. The number of Topliss-reactive ketones (excluding diaryl/α,β-unsaturated/α-hetero) is 1. The minimum absolute atomic E-state index is 0.106. The number of carbonyl (C=O) groups is 2. The number of hydrogen-bond donors (Lipinski definition) is 0. The Hall–Kier alpha value is -2.36. The molecule has 0 saturated heterocycles. The van der Waals surface area contributed by atoms with E-state index in [-0.39, 0.29) is 40.5 Å². The Morgan fingerprint density at radius 3 is 2.50 bits per heavy atom. The molecule has 0 spiro atoms. The van der Waals surface area contributed by atoms with Crippen molar-refractivity contribution in [1.29, 1.82) is 0 Å². The van der Waals surface area contributed by atoms with Gasteiger partial charge in [-0.2, -0.15) is 0 Å². The zero-order valence-corrected chi connectivity index (χ0v) is 22.9. The largest absolute Gasteiger partial charge is 0.497 e. The van der Waals surface area contributed by atoms with E-state index >= 15 is 0 Å². The molecule has 5 atom stereocenters. The Morgan fingerprint density at radius 1 is 1.06 bits per heavy atom. The molecule has 3 saturated carbocycles. The fraction of sp³-hybridized carbons (Fsp3) is 0.625. The number of esters is 1. The van der Waals surface area contributed by atoms with Crippen LogP contribution in [0.25, 0.3) is 10.8 Å². The SMILES string of the molecule is COc1ccc2cc(C(C)(C)[C@@H]3CC[C@@H](C)C[C@H]3OC(=O)[C@]34CCCC(=O)[C@H]3C(C)(C)C4)ccc2c1. The summed E-state index contributed by atoms with van der Waals surface area (Å²) in [5.74, 6) is 1.59. The van der Waals surface area contributed by atoms with E-state index in [1.54, 1.807) is 7.11 Å². The van der Waals surface area contributed by atoms with Crippen LogP contribution in [-0.4, -0.2) is 25.0 Å². The molecule has 36 heavy (non-hydrogen) atoms. The molecule has 3 fully saturated rings. The van der Waals surface area contributed by atoms with Gasteiger partial charge in [-0.1, -0.05) is 65.3 Å². The molecule has 2 aromatic carbocycles. The number of carbonyl (C=O) groups excluding carboxylic acids is 2. The molecule has 0 radical (unpaired) electrons. The number of ketones is 1. The predicted molar refractivity (Wildman–Crippen MR) is 143 cm³/mol. The normalized spacial score (nSPS) is 31.9. The molecule has 194 valence electrons. The van der Waals surface area contributed by atoms with E-state index in [9.17, 15) is 9.59 Å². The van der Waals surface area contributed by atoms with E-state index < -0.39 is 5.41 Å². The third-order valence-corrected chi connectivity index (χ3v) is 9.91. The van der Waals surface area contributed by atoms with Gasteiger partial charge in [-0.3, -0.25) is 9.59 Å². The van der Waals surface area contributed by atoms with Crippen molar-refractivity contribution < 1.29 is 19.1 Å². The van der Waals surface area contributed by atoms with Crippen molar-refractivity contribution in [2.75, 3.05) is 7.11 Å². The lowest BCUT2D eigenvalue weighted by Gasteiger charge is -2.60. The van der Waals surface area contributed by atoms with Gasteiger partial charge in [-0.25, -0.2) is 0 Å². The first-order chi connectivity index (χ1) is 17.0. The lowest BCUT2D eigenvalue weighted by molar-refractivity contribution is -0.205. The maximum atomic E-state index is 13.8. The minimum Gasteiger partial charge on any atom is -0.497 e. The van der Waals surface area contributed by atoms with Crippen molar-refractivity contribution in [1.82, 2.24) is 0 Å². The van der Waals surface area contributed by atoms with E-state index in [1.807, 2.05) is 6.07 Å². The first kappa shape index (κ1) is 25.3. The molecule has 2 aromatic rings. The smallest absolute Gasteiger partial charge is 0.313 e. The average Bonchev–Trinajstić information content (AvgIpc) is 2.82. The lowest BCUT2D eigenvalue weighted by Crippen LogP contribution is -2.63. The van der Waals surface area contributed by atoms with Crippen LogP contribution in [0.3, 0.4) is 0 Å². The van der Waals surface area contributed by atoms with Crippen molar-refractivity contribution in [3.63, 3.8) is 0 Å². The quantitative estimate of drug-likeness (QED) is 0.414. The van der Waals surface area contributed by atoms with Gasteiger partial charge in [0.2, 0.25) is 0 Å². The van der Waals surface area contributed by atoms with Crippen LogP contribution in [0.15, 0.2) is 36.4 Å². The number of benzene rings is 2. The molecule has 4 nitrogen and oxygen atoms in total. The van der Waals surface area contributed by atoms with Gasteiger partial charge in [0.15, 0.2) is 0 Å². The number of methoxy groups -OCH3 is 1. The van der Waals surface area contributed by atoms with E-state index in [0.29, 0.717) is 12.3 Å². The van der Waals surface area contributed by atoms with Crippen LogP contribution in [0, 0.1) is 28.6 Å². The first-order valence-electron chi connectivity index (χ1n) is 13.8. The summed E-state index contributed by atoms with van der Waals surface area (Å²) in [6.07, 6.45) is 5.91. The zero-order valence-electron chi connectivity index (χ0n) is 22.9. The highest BCUT2D eigenvalue weighted by Gasteiger charge is 2.67. The zero-order chi connectivity index (χ0) is 25.9. The van der Waals surface area contributed by atoms with E-state index in [1.165, 1.54) is 10.9 Å². The molecular weight excluding hydrogens is 448 g/mol. The van der Waals surface area contributed by atoms with Gasteiger partial charge < -0.3 is 9.47 Å². The summed E-state index contributed by atoms with van der Waals surface area (Å²) in [5, 5.41) is 2.35. The maximum Gasteiger partial charge on any atom is 0.313 e. The van der Waals surface area contributed by atoms with E-state index in [2.05, 4.69) is 65.0 Å². The fourth-order valence-corrected chi connectivity index (χ4v) is 8.13.